The molecule has 0 bridgehead atoms. The highest BCUT2D eigenvalue weighted by molar-refractivity contribution is 6.17. The van der Waals surface area contributed by atoms with Gasteiger partial charge in [-0.15, -0.1) is 0 Å². The molecule has 0 saturated heterocycles. The van der Waals surface area contributed by atoms with Gasteiger partial charge >= 0.3 is 17.9 Å². The number of ether oxygens (including phenoxy) is 3. The van der Waals surface area contributed by atoms with E-state index in [4.69, 9.17) is 14.2 Å². The Hall–Kier alpha value is -3.93. The molecule has 0 N–H and O–H groups in total. The maximum Gasteiger partial charge on any atom is 0.335 e. The van der Waals surface area contributed by atoms with Crippen molar-refractivity contribution in [3.8, 4) is 0 Å². The van der Waals surface area contributed by atoms with Gasteiger partial charge in [-0.25, -0.2) is 0 Å². The van der Waals surface area contributed by atoms with Gasteiger partial charge in [0.15, 0.2) is 0 Å². The first-order valence-electron chi connectivity index (χ1n) is 12.7. The molecule has 0 fully saturated rings. The van der Waals surface area contributed by atoms with Crippen LogP contribution in [0.5, 0.6) is 0 Å². The van der Waals surface area contributed by atoms with Crippen LogP contribution >= 0.6 is 0 Å². The van der Waals surface area contributed by atoms with Gasteiger partial charge in [0.1, 0.15) is 19.8 Å². The van der Waals surface area contributed by atoms with E-state index in [1.807, 2.05) is 54.6 Å². The minimum atomic E-state index is -2.22. The SMILES string of the molecule is CCCCCCC(C(=O)OCc1ccccc1)(C(=O)OCc1ccccc1)C(=O)OCc1ccccc1. The molecular weight excluding hydrogens is 468 g/mol. The smallest absolute Gasteiger partial charge is 0.335 e. The predicted molar refractivity (Wildman–Crippen MR) is 140 cm³/mol. The summed E-state index contributed by atoms with van der Waals surface area (Å²) in [6.45, 7) is 1.83. The van der Waals surface area contributed by atoms with Gasteiger partial charge in [0.05, 0.1) is 0 Å². The Bertz CT molecular complexity index is 978. The van der Waals surface area contributed by atoms with Crippen molar-refractivity contribution < 1.29 is 28.6 Å². The lowest BCUT2D eigenvalue weighted by molar-refractivity contribution is -0.187. The van der Waals surface area contributed by atoms with Gasteiger partial charge in [-0.1, -0.05) is 124 Å². The van der Waals surface area contributed by atoms with Gasteiger partial charge in [-0.05, 0) is 23.1 Å². The normalized spacial score (nSPS) is 10.9. The van der Waals surface area contributed by atoms with Crippen LogP contribution in [-0.4, -0.2) is 17.9 Å². The second-order valence-corrected chi connectivity index (χ2v) is 8.90. The van der Waals surface area contributed by atoms with Crippen LogP contribution in [0.1, 0.15) is 55.7 Å². The second-order valence-electron chi connectivity index (χ2n) is 8.90. The Labute approximate surface area is 218 Å². The zero-order valence-corrected chi connectivity index (χ0v) is 21.3. The summed E-state index contributed by atoms with van der Waals surface area (Å²) in [7, 11) is 0. The fourth-order valence-electron chi connectivity index (χ4n) is 3.91. The van der Waals surface area contributed by atoms with Crippen LogP contribution in [0.3, 0.4) is 0 Å². The van der Waals surface area contributed by atoms with Crippen LogP contribution in [0.4, 0.5) is 0 Å². The standard InChI is InChI=1S/C31H34O6/c1-2-3-4-14-21-31(28(32)35-22-25-15-8-5-9-16-25,29(33)36-23-26-17-10-6-11-18-26)30(34)37-24-27-19-12-7-13-20-27/h5-13,15-20H,2-4,14,21-24H2,1H3. The van der Waals surface area contributed by atoms with Crippen LogP contribution in [0.25, 0.3) is 0 Å². The molecule has 0 spiro atoms. The fourth-order valence-corrected chi connectivity index (χ4v) is 3.91. The summed E-state index contributed by atoms with van der Waals surface area (Å²) in [6, 6.07) is 27.3. The maximum atomic E-state index is 13.6. The molecule has 0 unspecified atom stereocenters. The average molecular weight is 503 g/mol. The summed E-state index contributed by atoms with van der Waals surface area (Å²) in [4.78, 5) is 40.8. The van der Waals surface area contributed by atoms with Gasteiger partial charge in [-0.3, -0.25) is 14.4 Å². The highest BCUT2D eigenvalue weighted by atomic mass is 16.6. The molecule has 0 radical (unpaired) electrons. The van der Waals surface area contributed by atoms with Crippen LogP contribution in [0.15, 0.2) is 91.0 Å². The molecule has 0 aliphatic rings. The molecule has 3 aromatic carbocycles. The Morgan fingerprint density at radius 3 is 1.22 bits per heavy atom. The number of esters is 3. The first-order valence-corrected chi connectivity index (χ1v) is 12.7. The molecule has 37 heavy (non-hydrogen) atoms. The summed E-state index contributed by atoms with van der Waals surface area (Å²) in [5, 5.41) is 0. The third-order valence-corrected chi connectivity index (χ3v) is 6.09. The van der Waals surface area contributed by atoms with Crippen molar-refractivity contribution in [2.24, 2.45) is 5.41 Å². The Morgan fingerprint density at radius 1 is 0.541 bits per heavy atom. The van der Waals surface area contributed by atoms with Gasteiger partial charge in [0.2, 0.25) is 0 Å². The zero-order chi connectivity index (χ0) is 26.3. The van der Waals surface area contributed by atoms with Gasteiger partial charge < -0.3 is 14.2 Å². The molecule has 0 atom stereocenters. The van der Waals surface area contributed by atoms with Crippen molar-refractivity contribution in [1.82, 2.24) is 0 Å². The van der Waals surface area contributed by atoms with Crippen LogP contribution in [-0.2, 0) is 48.4 Å². The maximum absolute atomic E-state index is 13.6. The monoisotopic (exact) mass is 502 g/mol. The number of rotatable bonds is 14. The molecule has 0 amide bonds. The molecule has 0 saturated carbocycles. The zero-order valence-electron chi connectivity index (χ0n) is 21.3. The molecule has 0 aliphatic heterocycles. The second kappa shape index (κ2) is 14.6. The van der Waals surface area contributed by atoms with E-state index in [1.54, 1.807) is 36.4 Å². The van der Waals surface area contributed by atoms with E-state index in [9.17, 15) is 14.4 Å². The molecular formula is C31H34O6. The molecule has 0 heterocycles. The minimum absolute atomic E-state index is 0.0537. The van der Waals surface area contributed by atoms with Crippen molar-refractivity contribution in [1.29, 1.82) is 0 Å². The van der Waals surface area contributed by atoms with Crippen LogP contribution < -0.4 is 0 Å². The van der Waals surface area contributed by atoms with E-state index >= 15 is 0 Å². The largest absolute Gasteiger partial charge is 0.460 e. The minimum Gasteiger partial charge on any atom is -0.460 e. The quantitative estimate of drug-likeness (QED) is 0.113. The van der Waals surface area contributed by atoms with Crippen LogP contribution in [0, 0.1) is 5.41 Å². The molecule has 0 aliphatic carbocycles. The van der Waals surface area contributed by atoms with E-state index in [1.165, 1.54) is 0 Å². The highest BCUT2D eigenvalue weighted by Crippen LogP contribution is 2.33. The number of benzene rings is 3. The third-order valence-electron chi connectivity index (χ3n) is 6.09. The number of carbonyl (C=O) groups excluding carboxylic acids is 3. The summed E-state index contributed by atoms with van der Waals surface area (Å²) >= 11 is 0. The molecule has 6 heteroatoms. The molecule has 0 aromatic heterocycles. The summed E-state index contributed by atoms with van der Waals surface area (Å²) in [6.07, 6.45) is 3.04. The van der Waals surface area contributed by atoms with Gasteiger partial charge in [0, 0.05) is 0 Å². The summed E-state index contributed by atoms with van der Waals surface area (Å²) in [5.41, 5.74) is 0.00892. The van der Waals surface area contributed by atoms with Crippen molar-refractivity contribution in [2.75, 3.05) is 0 Å². The fraction of sp³-hybridized carbons (Fsp3) is 0.323. The Balaban J connectivity index is 1.86. The topological polar surface area (TPSA) is 78.9 Å². The van der Waals surface area contributed by atoms with E-state index in [0.29, 0.717) is 6.42 Å². The lowest BCUT2D eigenvalue weighted by Gasteiger charge is -2.27. The highest BCUT2D eigenvalue weighted by Gasteiger charge is 2.57. The number of hydrogen-bond acceptors (Lipinski definition) is 6. The van der Waals surface area contributed by atoms with E-state index in [2.05, 4.69) is 6.92 Å². The molecule has 6 nitrogen and oxygen atoms in total. The third kappa shape index (κ3) is 8.04. The Morgan fingerprint density at radius 2 is 0.892 bits per heavy atom. The number of hydrogen-bond donors (Lipinski definition) is 0. The molecule has 194 valence electrons. The number of carbonyl (C=O) groups is 3. The summed E-state index contributed by atoms with van der Waals surface area (Å²) < 4.78 is 16.7. The van der Waals surface area contributed by atoms with E-state index in [-0.39, 0.29) is 26.2 Å². The van der Waals surface area contributed by atoms with Crippen LogP contribution in [0.2, 0.25) is 0 Å². The average Bonchev–Trinajstić information content (AvgIpc) is 2.95. The van der Waals surface area contributed by atoms with Crippen molar-refractivity contribution in [3.63, 3.8) is 0 Å². The van der Waals surface area contributed by atoms with Crippen molar-refractivity contribution in [2.45, 2.75) is 58.8 Å². The van der Waals surface area contributed by atoms with Crippen molar-refractivity contribution >= 4 is 17.9 Å². The predicted octanol–water partition coefficient (Wildman–Crippen LogP) is 6.17. The molecule has 3 rings (SSSR count). The van der Waals surface area contributed by atoms with Crippen molar-refractivity contribution in [3.05, 3.63) is 108 Å². The van der Waals surface area contributed by atoms with E-state index in [0.717, 1.165) is 36.0 Å². The van der Waals surface area contributed by atoms with Gasteiger partial charge in [0.25, 0.3) is 5.41 Å². The lowest BCUT2D eigenvalue weighted by atomic mass is 9.82. The summed E-state index contributed by atoms with van der Waals surface area (Å²) in [5.74, 6) is -2.86. The Kier molecular flexibility index (Phi) is 10.9. The van der Waals surface area contributed by atoms with Gasteiger partial charge in [-0.2, -0.15) is 0 Å². The molecule has 3 aromatic rings. The number of unbranched alkanes of at least 4 members (excludes halogenated alkanes) is 3. The van der Waals surface area contributed by atoms with E-state index < -0.39 is 23.3 Å². The first-order chi connectivity index (χ1) is 18.1. The first kappa shape index (κ1) is 27.7. The lowest BCUT2D eigenvalue weighted by Crippen LogP contribution is -2.49.